The Morgan fingerprint density at radius 1 is 1.45 bits per heavy atom. The van der Waals surface area contributed by atoms with E-state index in [1.54, 1.807) is 10.4 Å². The van der Waals surface area contributed by atoms with E-state index in [-0.39, 0.29) is 23.5 Å². The third-order valence-electron chi connectivity index (χ3n) is 3.82. The largest absolute Gasteiger partial charge is 0.328 e. The maximum atomic E-state index is 12.5. The molecule has 1 fully saturated rings. The van der Waals surface area contributed by atoms with Crippen molar-refractivity contribution in [3.63, 3.8) is 0 Å². The van der Waals surface area contributed by atoms with Gasteiger partial charge >= 0.3 is 0 Å². The van der Waals surface area contributed by atoms with E-state index in [0.29, 0.717) is 25.6 Å². The average Bonchev–Trinajstić information content (AvgIpc) is 2.87. The monoisotopic (exact) mass is 322 g/mol. The van der Waals surface area contributed by atoms with Gasteiger partial charge in [0.25, 0.3) is 10.0 Å². The Morgan fingerprint density at radius 2 is 2.05 bits per heavy atom. The molecule has 8 heteroatoms. The lowest BCUT2D eigenvalue weighted by atomic mass is 9.92. The number of piperidine rings is 1. The number of aryl methyl sites for hydroxylation is 1. The predicted molar refractivity (Wildman–Crippen MR) is 80.3 cm³/mol. The molecule has 20 heavy (non-hydrogen) atoms. The number of halogens is 1. The van der Waals surface area contributed by atoms with Crippen LogP contribution in [0.4, 0.5) is 0 Å². The first-order chi connectivity index (χ1) is 8.96. The van der Waals surface area contributed by atoms with Crippen LogP contribution in [-0.2, 0) is 16.6 Å². The van der Waals surface area contributed by atoms with E-state index in [0.717, 1.165) is 12.8 Å². The van der Waals surface area contributed by atoms with Crippen molar-refractivity contribution in [2.45, 2.75) is 44.3 Å². The van der Waals surface area contributed by atoms with E-state index in [1.807, 2.05) is 13.8 Å². The van der Waals surface area contributed by atoms with Crippen molar-refractivity contribution in [1.82, 2.24) is 14.1 Å². The molecule has 1 aromatic rings. The molecule has 0 saturated carbocycles. The number of sulfonamides is 1. The lowest BCUT2D eigenvalue weighted by Crippen LogP contribution is -2.43. The van der Waals surface area contributed by atoms with Crippen LogP contribution in [-0.4, -0.2) is 41.6 Å². The van der Waals surface area contributed by atoms with E-state index in [1.165, 1.54) is 10.9 Å². The quantitative estimate of drug-likeness (QED) is 0.899. The molecule has 2 heterocycles. The lowest BCUT2D eigenvalue weighted by Gasteiger charge is -2.32. The number of nitrogens with zero attached hydrogens (tertiary/aromatic N) is 3. The van der Waals surface area contributed by atoms with Crippen LogP contribution < -0.4 is 5.73 Å². The van der Waals surface area contributed by atoms with Crippen LogP contribution in [0, 0.1) is 5.92 Å². The van der Waals surface area contributed by atoms with Crippen molar-refractivity contribution >= 4 is 22.4 Å². The van der Waals surface area contributed by atoms with Gasteiger partial charge in [0.15, 0.2) is 5.03 Å². The minimum absolute atomic E-state index is 0. The Morgan fingerprint density at radius 3 is 2.55 bits per heavy atom. The molecule has 0 aliphatic carbocycles. The molecule has 1 aliphatic rings. The summed E-state index contributed by atoms with van der Waals surface area (Å²) < 4.78 is 28.1. The van der Waals surface area contributed by atoms with Crippen LogP contribution in [0.1, 0.15) is 26.7 Å². The molecule has 0 amide bonds. The van der Waals surface area contributed by atoms with Gasteiger partial charge < -0.3 is 5.73 Å². The van der Waals surface area contributed by atoms with Gasteiger partial charge in [-0.25, -0.2) is 8.42 Å². The molecule has 1 aromatic heterocycles. The molecule has 2 N–H and O–H groups in total. The molecule has 1 unspecified atom stereocenters. The first-order valence-corrected chi connectivity index (χ1v) is 8.18. The van der Waals surface area contributed by atoms with Crippen LogP contribution in [0.3, 0.4) is 0 Å². The molecular weight excluding hydrogens is 300 g/mol. The van der Waals surface area contributed by atoms with Crippen molar-refractivity contribution in [2.75, 3.05) is 13.1 Å². The van der Waals surface area contributed by atoms with Gasteiger partial charge in [-0.2, -0.15) is 9.40 Å². The highest BCUT2D eigenvalue weighted by molar-refractivity contribution is 7.89. The van der Waals surface area contributed by atoms with E-state index in [2.05, 4.69) is 5.10 Å². The first kappa shape index (κ1) is 17.4. The van der Waals surface area contributed by atoms with E-state index >= 15 is 0 Å². The molecular formula is C12H23ClN4O2S. The Balaban J connectivity index is 0.00000200. The molecule has 1 atom stereocenters. The zero-order valence-corrected chi connectivity index (χ0v) is 13.5. The van der Waals surface area contributed by atoms with Gasteiger partial charge in [0.1, 0.15) is 0 Å². The molecule has 6 nitrogen and oxygen atoms in total. The topological polar surface area (TPSA) is 81.2 Å². The summed E-state index contributed by atoms with van der Waals surface area (Å²) in [7, 11) is -3.42. The van der Waals surface area contributed by atoms with Crippen LogP contribution in [0.2, 0.25) is 0 Å². The van der Waals surface area contributed by atoms with Gasteiger partial charge in [-0.1, -0.05) is 0 Å². The lowest BCUT2D eigenvalue weighted by molar-refractivity contribution is 0.249. The van der Waals surface area contributed by atoms with Gasteiger partial charge in [-0.3, -0.25) is 4.68 Å². The molecule has 0 radical (unpaired) electrons. The third-order valence-corrected chi connectivity index (χ3v) is 5.74. The fraction of sp³-hybridized carbons (Fsp3) is 0.750. The Labute approximate surface area is 126 Å². The Hall–Kier alpha value is -0.630. The maximum Gasteiger partial charge on any atom is 0.260 e. The number of nitrogens with two attached hydrogens (primary N) is 1. The number of hydrogen-bond acceptors (Lipinski definition) is 4. The fourth-order valence-electron chi connectivity index (χ4n) is 2.55. The summed E-state index contributed by atoms with van der Waals surface area (Å²) in [5.74, 6) is 0.419. The van der Waals surface area contributed by atoms with Gasteiger partial charge in [-0.15, -0.1) is 12.4 Å². The second-order valence-electron chi connectivity index (χ2n) is 5.09. The third kappa shape index (κ3) is 3.33. The summed E-state index contributed by atoms with van der Waals surface area (Å²) in [6.07, 6.45) is 3.19. The molecule has 0 aromatic carbocycles. The second-order valence-corrected chi connectivity index (χ2v) is 6.97. The summed E-state index contributed by atoms with van der Waals surface area (Å²) in [6.45, 7) is 5.51. The highest BCUT2D eigenvalue weighted by Crippen LogP contribution is 2.24. The zero-order chi connectivity index (χ0) is 14.0. The number of rotatable bonds is 4. The van der Waals surface area contributed by atoms with Crippen LogP contribution in [0.5, 0.6) is 0 Å². The van der Waals surface area contributed by atoms with Crippen molar-refractivity contribution in [3.8, 4) is 0 Å². The maximum absolute atomic E-state index is 12.5. The van der Waals surface area contributed by atoms with Gasteiger partial charge in [0.05, 0.1) is 6.20 Å². The van der Waals surface area contributed by atoms with Crippen molar-refractivity contribution < 1.29 is 8.42 Å². The molecule has 2 rings (SSSR count). The predicted octanol–water partition coefficient (Wildman–Crippen LogP) is 1.07. The highest BCUT2D eigenvalue weighted by Gasteiger charge is 2.32. The molecule has 1 saturated heterocycles. The Kier molecular flexibility index (Phi) is 6.00. The summed E-state index contributed by atoms with van der Waals surface area (Å²) >= 11 is 0. The van der Waals surface area contributed by atoms with E-state index < -0.39 is 10.0 Å². The fourth-order valence-corrected chi connectivity index (χ4v) is 4.18. The van der Waals surface area contributed by atoms with Gasteiger partial charge in [0.2, 0.25) is 0 Å². The highest BCUT2D eigenvalue weighted by atomic mass is 35.5. The molecule has 0 spiro atoms. The summed E-state index contributed by atoms with van der Waals surface area (Å²) in [4.78, 5) is 0. The van der Waals surface area contributed by atoms with Crippen molar-refractivity contribution in [1.29, 1.82) is 0 Å². The van der Waals surface area contributed by atoms with E-state index in [4.69, 9.17) is 5.73 Å². The van der Waals surface area contributed by atoms with Crippen LogP contribution >= 0.6 is 12.4 Å². The Bertz CT molecular complexity index is 521. The van der Waals surface area contributed by atoms with Crippen LogP contribution in [0.15, 0.2) is 17.3 Å². The molecule has 1 aliphatic heterocycles. The van der Waals surface area contributed by atoms with E-state index in [9.17, 15) is 8.42 Å². The minimum atomic E-state index is -3.42. The minimum Gasteiger partial charge on any atom is -0.328 e. The normalized spacial score (nSPS) is 19.6. The number of aromatic nitrogens is 2. The molecule has 116 valence electrons. The summed E-state index contributed by atoms with van der Waals surface area (Å²) in [5.41, 5.74) is 5.88. The summed E-state index contributed by atoms with van der Waals surface area (Å²) in [6, 6.07) is 1.70. The smallest absolute Gasteiger partial charge is 0.260 e. The average molecular weight is 323 g/mol. The van der Waals surface area contributed by atoms with Crippen molar-refractivity contribution in [2.24, 2.45) is 11.7 Å². The number of hydrogen-bond donors (Lipinski definition) is 1. The second kappa shape index (κ2) is 6.89. The standard InChI is InChI=1S/C12H22N4O2S.ClH/c1-3-16-12(4-7-14-16)19(17,18)15-8-5-11(6-9-15)10(2)13;/h4,7,10-11H,3,5-6,8-9,13H2,1-2H3;1H. The molecule has 0 bridgehead atoms. The van der Waals surface area contributed by atoms with Gasteiger partial charge in [-0.05, 0) is 38.7 Å². The van der Waals surface area contributed by atoms with Crippen LogP contribution in [0.25, 0.3) is 0 Å². The van der Waals surface area contributed by atoms with Crippen molar-refractivity contribution in [3.05, 3.63) is 12.3 Å². The first-order valence-electron chi connectivity index (χ1n) is 6.74. The zero-order valence-electron chi connectivity index (χ0n) is 11.9. The SMILES string of the molecule is CCn1nccc1S(=O)(=O)N1CCC(C(C)N)CC1.Cl. The van der Waals surface area contributed by atoms with Gasteiger partial charge in [0, 0.05) is 25.7 Å². The summed E-state index contributed by atoms with van der Waals surface area (Å²) in [5, 5.41) is 4.32.